The summed E-state index contributed by atoms with van der Waals surface area (Å²) >= 11 is 0. The van der Waals surface area contributed by atoms with Gasteiger partial charge in [0.1, 0.15) is 11.6 Å². The molecule has 2 atom stereocenters. The van der Waals surface area contributed by atoms with Crippen LogP contribution in [0.25, 0.3) is 11.2 Å². The highest BCUT2D eigenvalue weighted by Crippen LogP contribution is 2.39. The minimum Gasteiger partial charge on any atom is -0.344 e. The zero-order valence-electron chi connectivity index (χ0n) is 14.6. The Morgan fingerprint density at radius 1 is 1.36 bits per heavy atom. The summed E-state index contributed by atoms with van der Waals surface area (Å²) in [5.41, 5.74) is 2.56. The van der Waals surface area contributed by atoms with E-state index in [9.17, 15) is 9.59 Å². The Kier molecular flexibility index (Phi) is 3.94. The quantitative estimate of drug-likeness (QED) is 0.887. The zero-order valence-corrected chi connectivity index (χ0v) is 14.6. The van der Waals surface area contributed by atoms with Gasteiger partial charge in [0.15, 0.2) is 5.65 Å². The van der Waals surface area contributed by atoms with Crippen LogP contribution in [0.5, 0.6) is 0 Å². The molecule has 2 aromatic heterocycles. The fourth-order valence-electron chi connectivity index (χ4n) is 3.40. The molecule has 2 aromatic rings. The lowest BCUT2D eigenvalue weighted by molar-refractivity contribution is -0.131. The Morgan fingerprint density at radius 3 is 2.84 bits per heavy atom. The van der Waals surface area contributed by atoms with E-state index in [0.29, 0.717) is 28.6 Å². The topological polar surface area (TPSA) is 91.0 Å². The van der Waals surface area contributed by atoms with Crippen LogP contribution in [0.3, 0.4) is 0 Å². The first-order valence-electron chi connectivity index (χ1n) is 8.96. The number of nitrogens with one attached hydrogen (secondary N) is 2. The Balaban J connectivity index is 1.49. The lowest BCUT2D eigenvalue weighted by Crippen LogP contribution is -2.46. The molecular formula is C18H23N5O2. The lowest BCUT2D eigenvalue weighted by Gasteiger charge is -2.21. The average Bonchev–Trinajstić information content (AvgIpc) is 3.22. The fourth-order valence-corrected chi connectivity index (χ4v) is 3.40. The molecule has 2 N–H and O–H groups in total. The number of hydrogen-bond donors (Lipinski definition) is 2. The maximum Gasteiger partial charge on any atom is 0.255 e. The summed E-state index contributed by atoms with van der Waals surface area (Å²) in [6, 6.07) is -0.553. The minimum absolute atomic E-state index is 0.0257. The summed E-state index contributed by atoms with van der Waals surface area (Å²) < 4.78 is 0. The summed E-state index contributed by atoms with van der Waals surface area (Å²) in [7, 11) is 0. The summed E-state index contributed by atoms with van der Waals surface area (Å²) in [5.74, 6) is 0.681. The van der Waals surface area contributed by atoms with Gasteiger partial charge < -0.3 is 15.2 Å². The zero-order chi connectivity index (χ0) is 17.6. The first-order valence-corrected chi connectivity index (χ1v) is 8.96. The fraction of sp³-hybridized carbons (Fsp3) is 0.556. The molecule has 1 aliphatic heterocycles. The maximum absolute atomic E-state index is 12.6. The molecule has 25 heavy (non-hydrogen) atoms. The third-order valence-electron chi connectivity index (χ3n) is 5.09. The second kappa shape index (κ2) is 6.13. The van der Waals surface area contributed by atoms with Crippen molar-refractivity contribution in [1.29, 1.82) is 0 Å². The number of rotatable bonds is 4. The number of carbonyl (C=O) groups is 2. The summed E-state index contributed by atoms with van der Waals surface area (Å²) in [5, 5.41) is 2.81. The number of likely N-dealkylation sites (tertiary alicyclic amines) is 1. The number of amides is 2. The van der Waals surface area contributed by atoms with Gasteiger partial charge in [0, 0.05) is 25.2 Å². The van der Waals surface area contributed by atoms with Crippen molar-refractivity contribution in [2.45, 2.75) is 45.1 Å². The first kappa shape index (κ1) is 16.1. The van der Waals surface area contributed by atoms with Crippen molar-refractivity contribution in [1.82, 2.24) is 25.2 Å². The first-order chi connectivity index (χ1) is 12.0. The van der Waals surface area contributed by atoms with E-state index < -0.39 is 6.04 Å². The number of aromatic nitrogens is 3. The molecular weight excluding hydrogens is 318 g/mol. The standard InChI is InChI=1S/C18H23N5O2/c1-10-5-6-23(9-10)18(25)11(2)21-17(24)13-7-19-16-15(13)22-14(8-20-16)12-3-4-12/h7-8,10-12H,3-6,9H2,1-2H3,(H,19,20)(H,21,24). The van der Waals surface area contributed by atoms with Gasteiger partial charge in [-0.25, -0.2) is 9.97 Å². The number of carbonyl (C=O) groups excluding carboxylic acids is 2. The van der Waals surface area contributed by atoms with Gasteiger partial charge in [-0.05, 0) is 32.1 Å². The molecule has 0 bridgehead atoms. The van der Waals surface area contributed by atoms with Gasteiger partial charge in [-0.2, -0.15) is 0 Å². The predicted octanol–water partition coefficient (Wildman–Crippen LogP) is 1.82. The molecule has 1 aliphatic carbocycles. The number of aromatic amines is 1. The second-order valence-electron chi connectivity index (χ2n) is 7.34. The van der Waals surface area contributed by atoms with E-state index in [1.165, 1.54) is 0 Å². The Bertz CT molecular complexity index is 826. The smallest absolute Gasteiger partial charge is 0.255 e. The third-order valence-corrected chi connectivity index (χ3v) is 5.09. The maximum atomic E-state index is 12.6. The van der Waals surface area contributed by atoms with E-state index in [1.54, 1.807) is 19.3 Å². The Hall–Kier alpha value is -2.44. The summed E-state index contributed by atoms with van der Waals surface area (Å²) in [6.45, 7) is 5.41. The molecule has 1 saturated carbocycles. The molecule has 0 spiro atoms. The van der Waals surface area contributed by atoms with Crippen LogP contribution in [0.1, 0.15) is 55.1 Å². The minimum atomic E-state index is -0.553. The van der Waals surface area contributed by atoms with Crippen LogP contribution in [0.15, 0.2) is 12.4 Å². The van der Waals surface area contributed by atoms with Gasteiger partial charge in [0.05, 0.1) is 17.5 Å². The van der Waals surface area contributed by atoms with Crippen LogP contribution in [-0.4, -0.2) is 50.8 Å². The van der Waals surface area contributed by atoms with E-state index in [1.807, 2.05) is 4.90 Å². The van der Waals surface area contributed by atoms with Crippen LogP contribution < -0.4 is 5.32 Å². The average molecular weight is 341 g/mol. The van der Waals surface area contributed by atoms with Gasteiger partial charge in [-0.15, -0.1) is 0 Å². The highest BCUT2D eigenvalue weighted by atomic mass is 16.2. The number of fused-ring (bicyclic) bond motifs is 1. The number of nitrogens with zero attached hydrogens (tertiary/aromatic N) is 3. The predicted molar refractivity (Wildman–Crippen MR) is 93.2 cm³/mol. The van der Waals surface area contributed by atoms with Crippen molar-refractivity contribution >= 4 is 23.0 Å². The highest BCUT2D eigenvalue weighted by Gasteiger charge is 2.29. The molecule has 0 radical (unpaired) electrons. The monoisotopic (exact) mass is 341 g/mol. The van der Waals surface area contributed by atoms with Gasteiger partial charge in [0.25, 0.3) is 5.91 Å². The van der Waals surface area contributed by atoms with Crippen LogP contribution >= 0.6 is 0 Å². The molecule has 3 heterocycles. The molecule has 132 valence electrons. The molecule has 0 aromatic carbocycles. The highest BCUT2D eigenvalue weighted by molar-refractivity contribution is 6.05. The molecule has 2 fully saturated rings. The second-order valence-corrected chi connectivity index (χ2v) is 7.34. The lowest BCUT2D eigenvalue weighted by atomic mass is 10.2. The number of H-pyrrole nitrogens is 1. The van der Waals surface area contributed by atoms with Crippen molar-refractivity contribution < 1.29 is 9.59 Å². The van der Waals surface area contributed by atoms with Gasteiger partial charge in [-0.1, -0.05) is 6.92 Å². The third kappa shape index (κ3) is 3.10. The van der Waals surface area contributed by atoms with Crippen molar-refractivity contribution in [2.75, 3.05) is 13.1 Å². The van der Waals surface area contributed by atoms with Gasteiger partial charge in [0.2, 0.25) is 5.91 Å². The molecule has 2 aliphatic rings. The van der Waals surface area contributed by atoms with E-state index in [-0.39, 0.29) is 11.8 Å². The van der Waals surface area contributed by atoms with Crippen LogP contribution in [0, 0.1) is 5.92 Å². The molecule has 7 nitrogen and oxygen atoms in total. The normalized spacial score (nSPS) is 21.5. The summed E-state index contributed by atoms with van der Waals surface area (Å²) in [6.07, 6.45) is 6.68. The molecule has 2 amide bonds. The van der Waals surface area contributed by atoms with E-state index in [2.05, 4.69) is 27.2 Å². The van der Waals surface area contributed by atoms with Crippen molar-refractivity contribution in [3.05, 3.63) is 23.7 Å². The van der Waals surface area contributed by atoms with E-state index in [0.717, 1.165) is 38.0 Å². The van der Waals surface area contributed by atoms with Crippen molar-refractivity contribution in [2.24, 2.45) is 5.92 Å². The van der Waals surface area contributed by atoms with E-state index in [4.69, 9.17) is 0 Å². The Labute approximate surface area is 146 Å². The van der Waals surface area contributed by atoms with Crippen LogP contribution in [0.4, 0.5) is 0 Å². The van der Waals surface area contributed by atoms with Crippen molar-refractivity contribution in [3.63, 3.8) is 0 Å². The van der Waals surface area contributed by atoms with Crippen LogP contribution in [-0.2, 0) is 4.79 Å². The Morgan fingerprint density at radius 2 is 2.16 bits per heavy atom. The number of hydrogen-bond acceptors (Lipinski definition) is 4. The van der Waals surface area contributed by atoms with E-state index >= 15 is 0 Å². The SMILES string of the molecule is CC1CCN(C(=O)C(C)NC(=O)c2c[nH]c3ncc(C4CC4)nc23)C1. The molecule has 1 saturated heterocycles. The van der Waals surface area contributed by atoms with Crippen LogP contribution in [0.2, 0.25) is 0 Å². The summed E-state index contributed by atoms with van der Waals surface area (Å²) in [4.78, 5) is 38.9. The van der Waals surface area contributed by atoms with Gasteiger partial charge in [-0.3, -0.25) is 9.59 Å². The molecule has 2 unspecified atom stereocenters. The molecule has 4 rings (SSSR count). The van der Waals surface area contributed by atoms with Crippen molar-refractivity contribution in [3.8, 4) is 0 Å². The van der Waals surface area contributed by atoms with Gasteiger partial charge >= 0.3 is 0 Å². The molecule has 7 heteroatoms. The largest absolute Gasteiger partial charge is 0.344 e.